The fraction of sp³-hybridized carbons (Fsp3) is 0.222. The average Bonchev–Trinajstić information content (AvgIpc) is 3.10. The van der Waals surface area contributed by atoms with Crippen molar-refractivity contribution in [2.75, 3.05) is 0 Å². The highest BCUT2D eigenvalue weighted by Crippen LogP contribution is 2.29. The molecule has 5 rings (SSSR count). The number of hydrogen-bond donors (Lipinski definition) is 0. The van der Waals surface area contributed by atoms with Crippen LogP contribution >= 0.6 is 0 Å². The summed E-state index contributed by atoms with van der Waals surface area (Å²) in [7, 11) is 0. The fourth-order valence-electron chi connectivity index (χ4n) is 3.86. The van der Waals surface area contributed by atoms with Gasteiger partial charge in [-0.2, -0.15) is 0 Å². The third kappa shape index (κ3) is 3.70. The molecule has 0 radical (unpaired) electrons. The summed E-state index contributed by atoms with van der Waals surface area (Å²) >= 11 is 0. The first-order valence-corrected chi connectivity index (χ1v) is 10.7. The number of fused-ring (bicyclic) bond motifs is 2. The molecule has 2 aromatic heterocycles. The van der Waals surface area contributed by atoms with Gasteiger partial charge in [-0.15, -0.1) is 0 Å². The van der Waals surface area contributed by atoms with E-state index in [2.05, 4.69) is 80.8 Å². The minimum Gasteiger partial charge on any atom is -0.303 e. The first-order chi connectivity index (χ1) is 14.9. The van der Waals surface area contributed by atoms with Crippen LogP contribution in [0.4, 0.5) is 0 Å². The first kappa shape index (κ1) is 19.4. The minimum absolute atomic E-state index is 0.112. The van der Waals surface area contributed by atoms with Crippen molar-refractivity contribution in [1.29, 1.82) is 0 Å². The molecule has 0 amide bonds. The van der Waals surface area contributed by atoms with E-state index < -0.39 is 0 Å². The number of benzene rings is 3. The number of nitrogens with zero attached hydrogens (tertiary/aromatic N) is 4. The molecule has 0 atom stereocenters. The second-order valence-corrected chi connectivity index (χ2v) is 9.19. The predicted molar refractivity (Wildman–Crippen MR) is 127 cm³/mol. The summed E-state index contributed by atoms with van der Waals surface area (Å²) in [5.41, 5.74) is 8.20. The summed E-state index contributed by atoms with van der Waals surface area (Å²) < 4.78 is 2.19. The van der Waals surface area contributed by atoms with Crippen LogP contribution in [0.5, 0.6) is 0 Å². The summed E-state index contributed by atoms with van der Waals surface area (Å²) in [6.45, 7) is 9.49. The monoisotopic (exact) mass is 406 g/mol. The molecule has 0 unspecified atom stereocenters. The molecule has 0 saturated carbocycles. The Morgan fingerprint density at radius 1 is 0.742 bits per heavy atom. The lowest BCUT2D eigenvalue weighted by molar-refractivity contribution is 0.590. The second kappa shape index (κ2) is 7.31. The van der Waals surface area contributed by atoms with Gasteiger partial charge in [-0.25, -0.2) is 15.0 Å². The van der Waals surface area contributed by atoms with Gasteiger partial charge in [-0.05, 0) is 35.6 Å². The van der Waals surface area contributed by atoms with E-state index in [-0.39, 0.29) is 5.41 Å². The molecule has 4 heteroatoms. The normalized spacial score (nSPS) is 12.0. The van der Waals surface area contributed by atoms with E-state index in [4.69, 9.17) is 15.0 Å². The number of rotatable bonds is 3. The second-order valence-electron chi connectivity index (χ2n) is 9.19. The maximum Gasteiger partial charge on any atom is 0.198 e. The lowest BCUT2D eigenvalue weighted by Crippen LogP contribution is -2.10. The van der Waals surface area contributed by atoms with E-state index in [1.54, 1.807) is 0 Å². The zero-order chi connectivity index (χ0) is 21.6. The zero-order valence-electron chi connectivity index (χ0n) is 18.4. The molecule has 0 spiro atoms. The zero-order valence-corrected chi connectivity index (χ0v) is 18.4. The highest BCUT2D eigenvalue weighted by atomic mass is 15.2. The number of aromatic nitrogens is 4. The highest BCUT2D eigenvalue weighted by molar-refractivity contribution is 5.85. The molecule has 2 heterocycles. The van der Waals surface area contributed by atoms with Crippen molar-refractivity contribution < 1.29 is 0 Å². The molecule has 3 aromatic carbocycles. The summed E-state index contributed by atoms with van der Waals surface area (Å²) in [5.74, 6) is 0.895. The van der Waals surface area contributed by atoms with Crippen molar-refractivity contribution in [3.8, 4) is 11.4 Å². The van der Waals surface area contributed by atoms with Gasteiger partial charge in [-0.1, -0.05) is 87.0 Å². The van der Waals surface area contributed by atoms with E-state index >= 15 is 0 Å². The van der Waals surface area contributed by atoms with Gasteiger partial charge >= 0.3 is 0 Å². The Balaban J connectivity index is 1.70. The molecule has 0 N–H and O–H groups in total. The summed E-state index contributed by atoms with van der Waals surface area (Å²) in [6.07, 6.45) is 0. The van der Waals surface area contributed by atoms with E-state index in [1.165, 1.54) is 16.7 Å². The SMILES string of the molecule is Cc1ccc(Cn2c(-c3ccc(C(C)(C)C)cc3)nc3nc4ccccc4nc32)cc1. The van der Waals surface area contributed by atoms with Gasteiger partial charge in [0.1, 0.15) is 5.82 Å². The van der Waals surface area contributed by atoms with Crippen LogP contribution in [0.1, 0.15) is 37.5 Å². The first-order valence-electron chi connectivity index (χ1n) is 10.7. The third-order valence-corrected chi connectivity index (χ3v) is 5.73. The number of aryl methyl sites for hydroxylation is 1. The van der Waals surface area contributed by atoms with Crippen LogP contribution in [0.15, 0.2) is 72.8 Å². The molecule has 4 nitrogen and oxygen atoms in total. The molecule has 0 aliphatic rings. The van der Waals surface area contributed by atoms with Crippen molar-refractivity contribution in [3.05, 3.63) is 89.5 Å². The Morgan fingerprint density at radius 2 is 1.39 bits per heavy atom. The van der Waals surface area contributed by atoms with Gasteiger partial charge in [0.05, 0.1) is 17.6 Å². The number of para-hydroxylation sites is 2. The lowest BCUT2D eigenvalue weighted by Gasteiger charge is -2.19. The Labute approximate surface area is 182 Å². The van der Waals surface area contributed by atoms with Crippen LogP contribution in [0, 0.1) is 6.92 Å². The molecule has 0 bridgehead atoms. The Kier molecular flexibility index (Phi) is 4.58. The standard InChI is InChI=1S/C27H26N4/c1-18-9-11-19(12-10-18)17-31-25(20-13-15-21(16-14-20)27(2,3)4)30-24-26(31)29-23-8-6-5-7-22(23)28-24/h5-16H,17H2,1-4H3. The predicted octanol–water partition coefficient (Wildman–Crippen LogP) is 6.30. The number of hydrogen-bond acceptors (Lipinski definition) is 3. The van der Waals surface area contributed by atoms with Gasteiger partial charge in [0.25, 0.3) is 0 Å². The van der Waals surface area contributed by atoms with Gasteiger partial charge in [0.15, 0.2) is 11.3 Å². The van der Waals surface area contributed by atoms with Crippen LogP contribution in [-0.2, 0) is 12.0 Å². The van der Waals surface area contributed by atoms with Crippen LogP contribution in [0.2, 0.25) is 0 Å². The van der Waals surface area contributed by atoms with E-state index in [9.17, 15) is 0 Å². The molecular formula is C27H26N4. The lowest BCUT2D eigenvalue weighted by atomic mass is 9.87. The molecule has 154 valence electrons. The molecule has 0 aliphatic carbocycles. The molecule has 0 aliphatic heterocycles. The quantitative estimate of drug-likeness (QED) is 0.353. The largest absolute Gasteiger partial charge is 0.303 e. The van der Waals surface area contributed by atoms with E-state index in [1.807, 2.05) is 24.3 Å². The fourth-order valence-corrected chi connectivity index (χ4v) is 3.86. The van der Waals surface area contributed by atoms with Crippen LogP contribution in [0.25, 0.3) is 33.7 Å². The highest BCUT2D eigenvalue weighted by Gasteiger charge is 2.18. The smallest absolute Gasteiger partial charge is 0.198 e. The van der Waals surface area contributed by atoms with Gasteiger partial charge < -0.3 is 4.57 Å². The van der Waals surface area contributed by atoms with Crippen LogP contribution in [0.3, 0.4) is 0 Å². The van der Waals surface area contributed by atoms with Gasteiger partial charge in [-0.3, -0.25) is 0 Å². The minimum atomic E-state index is 0.112. The topological polar surface area (TPSA) is 43.6 Å². The maximum atomic E-state index is 4.93. The van der Waals surface area contributed by atoms with Gasteiger partial charge in [0.2, 0.25) is 0 Å². The van der Waals surface area contributed by atoms with E-state index in [0.29, 0.717) is 12.2 Å². The Hall–Kier alpha value is -3.53. The van der Waals surface area contributed by atoms with Crippen molar-refractivity contribution in [2.24, 2.45) is 0 Å². The van der Waals surface area contributed by atoms with Crippen molar-refractivity contribution >= 4 is 22.3 Å². The van der Waals surface area contributed by atoms with E-state index in [0.717, 1.165) is 28.1 Å². The Bertz CT molecular complexity index is 1370. The van der Waals surface area contributed by atoms with Crippen molar-refractivity contribution in [2.45, 2.75) is 39.7 Å². The summed E-state index contributed by atoms with van der Waals surface area (Å²) in [6, 6.07) is 25.3. The maximum absolute atomic E-state index is 4.93. The van der Waals surface area contributed by atoms with Crippen LogP contribution < -0.4 is 0 Å². The van der Waals surface area contributed by atoms with Crippen molar-refractivity contribution in [3.63, 3.8) is 0 Å². The molecular weight excluding hydrogens is 380 g/mol. The average molecular weight is 407 g/mol. The Morgan fingerprint density at radius 3 is 2.03 bits per heavy atom. The molecule has 0 saturated heterocycles. The number of imidazole rings is 1. The van der Waals surface area contributed by atoms with Crippen molar-refractivity contribution in [1.82, 2.24) is 19.5 Å². The van der Waals surface area contributed by atoms with Gasteiger partial charge in [0, 0.05) is 5.56 Å². The summed E-state index contributed by atoms with van der Waals surface area (Å²) in [4.78, 5) is 14.7. The molecule has 0 fully saturated rings. The molecule has 31 heavy (non-hydrogen) atoms. The third-order valence-electron chi connectivity index (χ3n) is 5.73. The van der Waals surface area contributed by atoms with Crippen LogP contribution in [-0.4, -0.2) is 19.5 Å². The summed E-state index contributed by atoms with van der Waals surface area (Å²) in [5, 5.41) is 0. The molecule has 5 aromatic rings.